The molecule has 0 aliphatic heterocycles. The van der Waals surface area contributed by atoms with Gasteiger partial charge in [0.15, 0.2) is 0 Å². The van der Waals surface area contributed by atoms with Gasteiger partial charge in [-0.25, -0.2) is 0 Å². The fraction of sp³-hybridized carbons (Fsp3) is 0.875. The summed E-state index contributed by atoms with van der Waals surface area (Å²) in [6.45, 7) is 5.54. The predicted molar refractivity (Wildman–Crippen MR) is 53.2 cm³/mol. The smallest absolute Gasteiger partial charge is 0.323 e. The van der Waals surface area contributed by atoms with Crippen LogP contribution in [0, 0.1) is 0 Å². The van der Waals surface area contributed by atoms with Crippen LogP contribution in [-0.2, 0) is 9.53 Å². The van der Waals surface area contributed by atoms with E-state index in [4.69, 9.17) is 10.5 Å². The molecule has 0 rings (SSSR count). The van der Waals surface area contributed by atoms with Crippen molar-refractivity contribution < 1.29 is 9.53 Å². The van der Waals surface area contributed by atoms with Crippen molar-refractivity contribution in [2.24, 2.45) is 5.73 Å². The molecule has 0 saturated carbocycles. The van der Waals surface area contributed by atoms with E-state index < -0.39 is 11.6 Å². The van der Waals surface area contributed by atoms with Gasteiger partial charge in [0.1, 0.15) is 11.6 Å². The Morgan fingerprint density at radius 1 is 1.58 bits per heavy atom. The molecule has 2 N–H and O–H groups in total. The fourth-order valence-corrected chi connectivity index (χ4v) is 1.43. The molecule has 72 valence electrons. The van der Waals surface area contributed by atoms with Gasteiger partial charge >= 0.3 is 5.97 Å². The Hall–Kier alpha value is -0.353. The summed E-state index contributed by atoms with van der Waals surface area (Å²) in [6.07, 6.45) is 0.751. The summed E-state index contributed by atoms with van der Waals surface area (Å²) < 4.78 is 5.10. The highest BCUT2D eigenvalue weighted by Gasteiger charge is 2.20. The molecule has 0 bridgehead atoms. The topological polar surface area (TPSA) is 52.3 Å². The Kier molecular flexibility index (Phi) is 4.48. The summed E-state index contributed by atoms with van der Waals surface area (Å²) in [5, 5.41) is 0. The molecule has 12 heavy (non-hydrogen) atoms. The first kappa shape index (κ1) is 11.6. The van der Waals surface area contributed by atoms with E-state index in [0.717, 1.165) is 22.7 Å². The minimum absolute atomic E-state index is 0.279. The third-order valence-electron chi connectivity index (χ3n) is 1.31. The highest BCUT2D eigenvalue weighted by atomic mass is 28.1. The van der Waals surface area contributed by atoms with Crippen LogP contribution in [0.3, 0.4) is 0 Å². The molecule has 0 fully saturated rings. The Labute approximate surface area is 77.1 Å². The maximum atomic E-state index is 11.2. The lowest BCUT2D eigenvalue weighted by Crippen LogP contribution is -2.37. The lowest BCUT2D eigenvalue weighted by atomic mass is 10.2. The van der Waals surface area contributed by atoms with Crippen molar-refractivity contribution in [1.82, 2.24) is 0 Å². The Bertz CT molecular complexity index is 154. The zero-order chi connectivity index (χ0) is 9.78. The van der Waals surface area contributed by atoms with Crippen molar-refractivity contribution >= 4 is 16.2 Å². The van der Waals surface area contributed by atoms with Crippen molar-refractivity contribution in [2.45, 2.75) is 44.9 Å². The summed E-state index contributed by atoms with van der Waals surface area (Å²) in [4.78, 5) is 11.2. The number of esters is 1. The molecule has 0 heterocycles. The third kappa shape index (κ3) is 5.32. The molecule has 0 aliphatic carbocycles. The molecule has 0 saturated heterocycles. The summed E-state index contributed by atoms with van der Waals surface area (Å²) in [5.41, 5.74) is 5.17. The van der Waals surface area contributed by atoms with Gasteiger partial charge in [0.25, 0.3) is 0 Å². The van der Waals surface area contributed by atoms with E-state index in [1.807, 2.05) is 20.8 Å². The van der Waals surface area contributed by atoms with E-state index in [1.165, 1.54) is 0 Å². The molecule has 0 aromatic carbocycles. The quantitative estimate of drug-likeness (QED) is 0.495. The van der Waals surface area contributed by atoms with Gasteiger partial charge in [-0.3, -0.25) is 4.79 Å². The molecule has 0 amide bonds. The van der Waals surface area contributed by atoms with Crippen LogP contribution in [0.1, 0.15) is 27.2 Å². The van der Waals surface area contributed by atoms with Gasteiger partial charge < -0.3 is 10.5 Å². The third-order valence-corrected chi connectivity index (χ3v) is 1.89. The lowest BCUT2D eigenvalue weighted by molar-refractivity contribution is -0.156. The van der Waals surface area contributed by atoms with Crippen LogP contribution >= 0.6 is 0 Å². The molecule has 0 spiro atoms. The van der Waals surface area contributed by atoms with Gasteiger partial charge in [0.05, 0.1) is 0 Å². The summed E-state index contributed by atoms with van der Waals surface area (Å²) in [5.74, 6) is -0.279. The highest BCUT2D eigenvalue weighted by molar-refractivity contribution is 6.08. The predicted octanol–water partition coefficient (Wildman–Crippen LogP) is -0.171. The summed E-state index contributed by atoms with van der Waals surface area (Å²) in [6, 6.07) is 0.613. The number of carbonyl (C=O) groups excluding carboxylic acids is 1. The number of rotatable bonds is 3. The minimum atomic E-state index is -0.429. The zero-order valence-corrected chi connectivity index (χ0v) is 10.4. The van der Waals surface area contributed by atoms with Crippen molar-refractivity contribution in [3.63, 3.8) is 0 Å². The molecule has 0 aliphatic rings. The van der Waals surface area contributed by atoms with Gasteiger partial charge in [-0.05, 0) is 27.2 Å². The van der Waals surface area contributed by atoms with Crippen LogP contribution in [0.2, 0.25) is 6.04 Å². The van der Waals surface area contributed by atoms with E-state index in [0.29, 0.717) is 0 Å². The van der Waals surface area contributed by atoms with Crippen molar-refractivity contribution in [3.8, 4) is 0 Å². The van der Waals surface area contributed by atoms with Gasteiger partial charge in [-0.1, -0.05) is 6.04 Å². The summed E-state index contributed by atoms with van der Waals surface area (Å²) in [7, 11) is 1.09. The number of carbonyl (C=O) groups is 1. The van der Waals surface area contributed by atoms with Crippen LogP contribution < -0.4 is 5.73 Å². The maximum absolute atomic E-state index is 11.2. The zero-order valence-electron chi connectivity index (χ0n) is 8.39. The van der Waals surface area contributed by atoms with Gasteiger partial charge in [-0.15, -0.1) is 0 Å². The molecule has 1 unspecified atom stereocenters. The Morgan fingerprint density at radius 2 is 2.08 bits per heavy atom. The van der Waals surface area contributed by atoms with E-state index >= 15 is 0 Å². The van der Waals surface area contributed by atoms with Crippen molar-refractivity contribution in [2.75, 3.05) is 0 Å². The molecule has 0 aromatic heterocycles. The standard InChI is InChI=1S/C8H19NO2Si/c1-8(2,3)11-7(10)6(9)4-5-12/h6H,4-5,9H2,1-3,12H3. The molecular weight excluding hydrogens is 170 g/mol. The minimum Gasteiger partial charge on any atom is -0.459 e. The molecule has 0 aromatic rings. The van der Waals surface area contributed by atoms with Gasteiger partial charge in [0, 0.05) is 10.2 Å². The largest absolute Gasteiger partial charge is 0.459 e. The van der Waals surface area contributed by atoms with E-state index in [-0.39, 0.29) is 5.97 Å². The van der Waals surface area contributed by atoms with Crippen LogP contribution in [0.15, 0.2) is 0 Å². The van der Waals surface area contributed by atoms with Crippen molar-refractivity contribution in [1.29, 1.82) is 0 Å². The fourth-order valence-electron chi connectivity index (χ4n) is 0.806. The first-order valence-corrected chi connectivity index (χ1v) is 5.76. The maximum Gasteiger partial charge on any atom is 0.323 e. The van der Waals surface area contributed by atoms with E-state index in [2.05, 4.69) is 0 Å². The highest BCUT2D eigenvalue weighted by Crippen LogP contribution is 2.09. The number of nitrogens with two attached hydrogens (primary N) is 1. The van der Waals surface area contributed by atoms with E-state index in [1.54, 1.807) is 0 Å². The first-order valence-electron chi connectivity index (χ1n) is 4.35. The second kappa shape index (κ2) is 4.62. The SMILES string of the molecule is CC(C)(C)OC(=O)C(N)CC[SiH3]. The van der Waals surface area contributed by atoms with Crippen LogP contribution in [0.4, 0.5) is 0 Å². The normalized spacial score (nSPS) is 14.3. The molecular formula is C8H19NO2Si. The van der Waals surface area contributed by atoms with Crippen LogP contribution in [0.25, 0.3) is 0 Å². The van der Waals surface area contributed by atoms with Gasteiger partial charge in [0.2, 0.25) is 0 Å². The summed E-state index contributed by atoms with van der Waals surface area (Å²) >= 11 is 0. The second-order valence-corrected chi connectivity index (χ2v) is 4.93. The molecule has 1 atom stereocenters. The number of ether oxygens (including phenoxy) is 1. The first-order chi connectivity index (χ1) is 5.37. The Morgan fingerprint density at radius 3 is 2.42 bits per heavy atom. The van der Waals surface area contributed by atoms with E-state index in [9.17, 15) is 4.79 Å². The number of hydrogen-bond acceptors (Lipinski definition) is 3. The van der Waals surface area contributed by atoms with Gasteiger partial charge in [-0.2, -0.15) is 0 Å². The molecule has 4 heteroatoms. The lowest BCUT2D eigenvalue weighted by Gasteiger charge is -2.21. The van der Waals surface area contributed by atoms with Crippen LogP contribution in [-0.4, -0.2) is 27.9 Å². The average molecular weight is 189 g/mol. The second-order valence-electron chi connectivity index (χ2n) is 3.93. The van der Waals surface area contributed by atoms with Crippen LogP contribution in [0.5, 0.6) is 0 Å². The molecule has 0 radical (unpaired) electrons. The number of hydrogen-bond donors (Lipinski definition) is 1. The Balaban J connectivity index is 3.87. The molecule has 3 nitrogen and oxygen atoms in total. The van der Waals surface area contributed by atoms with Crippen molar-refractivity contribution in [3.05, 3.63) is 0 Å². The monoisotopic (exact) mass is 189 g/mol. The average Bonchev–Trinajstić information content (AvgIpc) is 1.84.